The molecule has 1 fully saturated rings. The van der Waals surface area contributed by atoms with Crippen molar-refractivity contribution in [3.05, 3.63) is 16.8 Å². The molecule has 0 bridgehead atoms. The Hall–Kier alpha value is -1.29. The maximum absolute atomic E-state index is 11.9. The zero-order valence-corrected chi connectivity index (χ0v) is 11.5. The molecule has 1 saturated heterocycles. The van der Waals surface area contributed by atoms with Crippen LogP contribution < -0.4 is 11.4 Å². The van der Waals surface area contributed by atoms with E-state index in [4.69, 9.17) is 10.5 Å². The molecule has 4 N–H and O–H groups in total. The Labute approximate surface area is 112 Å². The van der Waals surface area contributed by atoms with Crippen molar-refractivity contribution in [1.82, 2.24) is 14.5 Å². The second-order valence-corrected chi connectivity index (χ2v) is 6.13. The predicted octanol–water partition coefficient (Wildman–Crippen LogP) is -1.88. The van der Waals surface area contributed by atoms with Gasteiger partial charge in [-0.1, -0.05) is 13.0 Å². The predicted molar refractivity (Wildman–Crippen MR) is 67.5 cm³/mol. The maximum atomic E-state index is 11.9. The second-order valence-electron chi connectivity index (χ2n) is 4.29. The molecule has 0 amide bonds. The molecular weight excluding hydrogens is 268 g/mol. The molecule has 3 atom stereocenters. The molecule has 19 heavy (non-hydrogen) atoms. The highest BCUT2D eigenvalue weighted by molar-refractivity contribution is 6.38. The fraction of sp³-hybridized carbons (Fsp3) is 0.700. The van der Waals surface area contributed by atoms with Crippen molar-refractivity contribution in [1.29, 1.82) is 0 Å². The first kappa shape index (κ1) is 14.1. The molecule has 1 aromatic rings. The van der Waals surface area contributed by atoms with Crippen LogP contribution in [0.1, 0.15) is 13.3 Å². The number of hydrogen-bond donors (Lipinski definition) is 3. The molecule has 2 rings (SSSR count). The third-order valence-corrected chi connectivity index (χ3v) is 4.47. The first-order valence-electron chi connectivity index (χ1n) is 5.96. The van der Waals surface area contributed by atoms with Crippen molar-refractivity contribution in [3.8, 4) is 0 Å². The van der Waals surface area contributed by atoms with E-state index in [9.17, 15) is 15.0 Å². The highest BCUT2D eigenvalue weighted by atomic mass is 28.2. The van der Waals surface area contributed by atoms with Gasteiger partial charge in [0.25, 0.3) is 0 Å². The summed E-state index contributed by atoms with van der Waals surface area (Å²) in [4.78, 5) is 19.3. The van der Waals surface area contributed by atoms with Crippen molar-refractivity contribution in [2.24, 2.45) is 0 Å². The Morgan fingerprint density at radius 1 is 1.74 bits per heavy atom. The van der Waals surface area contributed by atoms with Gasteiger partial charge in [0.2, 0.25) is 5.95 Å². The third-order valence-electron chi connectivity index (χ3n) is 3.01. The molecule has 2 heterocycles. The second kappa shape index (κ2) is 5.37. The number of hydrogen-bond acceptors (Lipinski definition) is 7. The minimum Gasteiger partial charge on any atom is -0.394 e. The van der Waals surface area contributed by atoms with Crippen LogP contribution in [0, 0.1) is 0 Å². The van der Waals surface area contributed by atoms with E-state index in [0.29, 0.717) is 0 Å². The van der Waals surface area contributed by atoms with Gasteiger partial charge in [0.05, 0.1) is 12.7 Å². The van der Waals surface area contributed by atoms with E-state index < -0.39 is 23.2 Å². The summed E-state index contributed by atoms with van der Waals surface area (Å²) in [7, 11) is 0.233. The summed E-state index contributed by atoms with van der Waals surface area (Å²) in [5.41, 5.74) is 4.79. The summed E-state index contributed by atoms with van der Waals surface area (Å²) < 4.78 is 6.97. The van der Waals surface area contributed by atoms with Crippen LogP contribution in [0.4, 0.5) is 5.95 Å². The molecule has 8 nitrogen and oxygen atoms in total. The van der Waals surface area contributed by atoms with E-state index >= 15 is 0 Å². The van der Waals surface area contributed by atoms with Crippen molar-refractivity contribution < 1.29 is 14.9 Å². The zero-order chi connectivity index (χ0) is 14.0. The molecule has 104 valence electrons. The number of rotatable bonds is 4. The molecule has 1 aliphatic heterocycles. The summed E-state index contributed by atoms with van der Waals surface area (Å²) in [6.07, 6.45) is -0.0330. The van der Waals surface area contributed by atoms with E-state index in [1.807, 2.05) is 6.92 Å². The number of aliphatic hydroxyl groups excluding tert-OH is 2. The van der Waals surface area contributed by atoms with Gasteiger partial charge < -0.3 is 20.7 Å². The smallest absolute Gasteiger partial charge is 0.354 e. The van der Waals surface area contributed by atoms with Crippen LogP contribution in [-0.4, -0.2) is 53.1 Å². The number of aliphatic hydroxyl groups is 2. The molecule has 1 aromatic heterocycles. The minimum atomic E-state index is -0.994. The average molecular weight is 284 g/mol. The van der Waals surface area contributed by atoms with E-state index in [0.717, 1.165) is 6.04 Å². The van der Waals surface area contributed by atoms with Gasteiger partial charge in [-0.15, -0.1) is 0 Å². The Balaban J connectivity index is 2.43. The summed E-state index contributed by atoms with van der Waals surface area (Å²) in [5.74, 6) is -0.103. The summed E-state index contributed by atoms with van der Waals surface area (Å²) in [6, 6.07) is 0.766. The minimum absolute atomic E-state index is 0.103. The average Bonchev–Trinajstić information content (AvgIpc) is 2.66. The van der Waals surface area contributed by atoms with Gasteiger partial charge >= 0.3 is 5.69 Å². The topological polar surface area (TPSA) is 123 Å². The summed E-state index contributed by atoms with van der Waals surface area (Å²) >= 11 is 0. The number of nitrogens with two attached hydrogens (primary N) is 1. The Bertz CT molecular complexity index is 511. The molecule has 0 saturated carbocycles. The number of anilines is 1. The van der Waals surface area contributed by atoms with Crippen LogP contribution >= 0.6 is 0 Å². The normalized spacial score (nSPS) is 30.7. The molecule has 0 aliphatic carbocycles. The summed E-state index contributed by atoms with van der Waals surface area (Å²) in [5, 5.41) is 18.1. The van der Waals surface area contributed by atoms with Crippen molar-refractivity contribution in [3.63, 3.8) is 0 Å². The van der Waals surface area contributed by atoms with Crippen molar-refractivity contribution in [2.75, 3.05) is 12.3 Å². The molecule has 0 spiro atoms. The van der Waals surface area contributed by atoms with Gasteiger partial charge in [0.1, 0.15) is 27.3 Å². The van der Waals surface area contributed by atoms with Gasteiger partial charge in [-0.2, -0.15) is 4.98 Å². The van der Waals surface area contributed by atoms with Gasteiger partial charge in [-0.05, 0) is 0 Å². The highest BCUT2D eigenvalue weighted by Crippen LogP contribution is 2.33. The quantitative estimate of drug-likeness (QED) is 0.552. The van der Waals surface area contributed by atoms with Crippen LogP contribution in [0.15, 0.2) is 11.1 Å². The van der Waals surface area contributed by atoms with Gasteiger partial charge in [0, 0.05) is 6.42 Å². The Kier molecular flexibility index (Phi) is 3.99. The van der Waals surface area contributed by atoms with E-state index in [1.54, 1.807) is 0 Å². The molecule has 0 unspecified atom stereocenters. The first-order valence-corrected chi connectivity index (χ1v) is 7.16. The molecule has 0 aromatic carbocycles. The fourth-order valence-corrected chi connectivity index (χ4v) is 3.64. The van der Waals surface area contributed by atoms with E-state index in [-0.39, 0.29) is 28.5 Å². The van der Waals surface area contributed by atoms with Gasteiger partial charge in [0.15, 0.2) is 0 Å². The zero-order valence-electron chi connectivity index (χ0n) is 10.5. The van der Waals surface area contributed by atoms with Gasteiger partial charge in [-0.3, -0.25) is 4.57 Å². The lowest BCUT2D eigenvalue weighted by atomic mass is 10.2. The van der Waals surface area contributed by atoms with E-state index in [2.05, 4.69) is 9.97 Å². The van der Waals surface area contributed by atoms with Crippen molar-refractivity contribution >= 4 is 15.5 Å². The standard InChI is InChI=1S/C10H16N4O4Si/c1-2-19-10(3-6(16)7(4-15)18-10)14-5-12-8(11)13-9(14)17/h5-7,15-16H,2-4H2,1H3,(H2,11,13,17)/t6-,7+,10-/m0/s1. The van der Waals surface area contributed by atoms with Crippen LogP contribution in [0.5, 0.6) is 0 Å². The fourth-order valence-electron chi connectivity index (χ4n) is 2.18. The van der Waals surface area contributed by atoms with Crippen LogP contribution in [0.3, 0.4) is 0 Å². The molecule has 2 radical (unpaired) electrons. The molecule has 1 aliphatic rings. The van der Waals surface area contributed by atoms with Gasteiger partial charge in [-0.25, -0.2) is 9.78 Å². The highest BCUT2D eigenvalue weighted by Gasteiger charge is 2.47. The van der Waals surface area contributed by atoms with Crippen LogP contribution in [0.25, 0.3) is 0 Å². The lowest BCUT2D eigenvalue weighted by molar-refractivity contribution is -0.0720. The monoisotopic (exact) mass is 284 g/mol. The maximum Gasteiger partial charge on any atom is 0.354 e. The summed E-state index contributed by atoms with van der Waals surface area (Å²) in [6.45, 7) is 1.65. The molecule has 9 heteroatoms. The van der Waals surface area contributed by atoms with Crippen LogP contribution in [0.2, 0.25) is 6.04 Å². The number of nitrogens with zero attached hydrogens (tertiary/aromatic N) is 3. The third kappa shape index (κ3) is 2.54. The number of ether oxygens (including phenoxy) is 1. The first-order chi connectivity index (χ1) is 9.02. The van der Waals surface area contributed by atoms with Crippen LogP contribution in [-0.2, 0) is 10.1 Å². The Morgan fingerprint density at radius 2 is 2.47 bits per heavy atom. The lowest BCUT2D eigenvalue weighted by Gasteiger charge is -2.29. The van der Waals surface area contributed by atoms with Crippen molar-refractivity contribution in [2.45, 2.75) is 36.9 Å². The Morgan fingerprint density at radius 3 is 3.00 bits per heavy atom. The molecular formula is C10H16N4O4Si. The lowest BCUT2D eigenvalue weighted by Crippen LogP contribution is -2.47. The van der Waals surface area contributed by atoms with E-state index in [1.165, 1.54) is 10.9 Å². The number of nitrogen functional groups attached to an aromatic ring is 1. The number of aromatic nitrogens is 3. The SMILES string of the molecule is CC[Si][C@]1(n2cnc(N)nc2=O)C[C@H](O)[C@@H](CO)O1. The largest absolute Gasteiger partial charge is 0.394 e.